The summed E-state index contributed by atoms with van der Waals surface area (Å²) in [5.41, 5.74) is 0.0316. The fourth-order valence-electron chi connectivity index (χ4n) is 3.36. The first kappa shape index (κ1) is 21.6. The van der Waals surface area contributed by atoms with Gasteiger partial charge in [-0.3, -0.25) is 19.8 Å². The van der Waals surface area contributed by atoms with E-state index in [-0.39, 0.29) is 11.6 Å². The molecule has 3 rings (SSSR count). The largest absolute Gasteiger partial charge is 0.416 e. The van der Waals surface area contributed by atoms with E-state index in [1.165, 1.54) is 24.3 Å². The van der Waals surface area contributed by atoms with Crippen molar-refractivity contribution in [3.05, 3.63) is 64.2 Å². The Hall–Kier alpha value is -3.14. The molecule has 10 heteroatoms. The molecule has 7 nitrogen and oxygen atoms in total. The summed E-state index contributed by atoms with van der Waals surface area (Å²) in [5.74, 6) is -0.303. The Bertz CT molecular complexity index is 928. The summed E-state index contributed by atoms with van der Waals surface area (Å²) in [6.07, 6.45) is -4.39. The van der Waals surface area contributed by atoms with Gasteiger partial charge in [0.1, 0.15) is 0 Å². The summed E-state index contributed by atoms with van der Waals surface area (Å²) in [6, 6.07) is 10.4. The summed E-state index contributed by atoms with van der Waals surface area (Å²) in [5, 5.41) is 13.5. The van der Waals surface area contributed by atoms with E-state index in [0.29, 0.717) is 37.6 Å². The molecule has 1 N–H and O–H groups in total. The Morgan fingerprint density at radius 1 is 1.10 bits per heavy atom. The molecule has 160 valence electrons. The number of piperazine rings is 1. The Morgan fingerprint density at radius 3 is 2.40 bits per heavy atom. The molecule has 0 spiro atoms. The number of hydrogen-bond donors (Lipinski definition) is 1. The van der Waals surface area contributed by atoms with Crippen molar-refractivity contribution >= 4 is 23.0 Å². The van der Waals surface area contributed by atoms with Crippen molar-refractivity contribution in [2.24, 2.45) is 0 Å². The molecule has 1 unspecified atom stereocenters. The predicted octanol–water partition coefficient (Wildman–Crippen LogP) is 3.76. The summed E-state index contributed by atoms with van der Waals surface area (Å²) in [7, 11) is 0. The van der Waals surface area contributed by atoms with Gasteiger partial charge in [0.25, 0.3) is 5.69 Å². The molecular formula is C20H21F3N4O3. The lowest BCUT2D eigenvalue weighted by atomic mass is 10.1. The van der Waals surface area contributed by atoms with Gasteiger partial charge in [-0.25, -0.2) is 0 Å². The Morgan fingerprint density at radius 2 is 1.77 bits per heavy atom. The van der Waals surface area contributed by atoms with Crippen LogP contribution < -0.4 is 10.2 Å². The summed E-state index contributed by atoms with van der Waals surface area (Å²) in [4.78, 5) is 26.6. The Labute approximate surface area is 171 Å². The number of amides is 1. The minimum Gasteiger partial charge on any atom is -0.369 e. The highest BCUT2D eigenvalue weighted by atomic mass is 19.4. The highest BCUT2D eigenvalue weighted by molar-refractivity contribution is 5.94. The van der Waals surface area contributed by atoms with Crippen molar-refractivity contribution in [2.75, 3.05) is 36.4 Å². The first-order chi connectivity index (χ1) is 14.1. The summed E-state index contributed by atoms with van der Waals surface area (Å²) >= 11 is 0. The van der Waals surface area contributed by atoms with E-state index >= 15 is 0 Å². The summed E-state index contributed by atoms with van der Waals surface area (Å²) < 4.78 is 38.8. The molecule has 1 heterocycles. The van der Waals surface area contributed by atoms with Crippen molar-refractivity contribution < 1.29 is 22.9 Å². The SMILES string of the molecule is CC(C(=O)Nc1cccc([N+](=O)[O-])c1)N1CCN(c2cccc(C(F)(F)F)c2)CC1. The molecule has 0 radical (unpaired) electrons. The standard InChI is InChI=1S/C20H21F3N4O3/c1-14(19(28)24-16-5-3-7-18(13-16)27(29)30)25-8-10-26(11-9-25)17-6-2-4-15(12-17)20(21,22)23/h2-7,12-14H,8-11H2,1H3,(H,24,28). The zero-order chi connectivity index (χ0) is 21.9. The maximum Gasteiger partial charge on any atom is 0.416 e. The number of carbonyl (C=O) groups is 1. The van der Waals surface area contributed by atoms with Crippen LogP contribution in [0.2, 0.25) is 0 Å². The number of nitrogens with zero attached hydrogens (tertiary/aromatic N) is 3. The number of benzene rings is 2. The minimum absolute atomic E-state index is 0.116. The number of carbonyl (C=O) groups excluding carboxylic acids is 1. The van der Waals surface area contributed by atoms with E-state index in [1.807, 2.05) is 9.80 Å². The van der Waals surface area contributed by atoms with Gasteiger partial charge in [-0.05, 0) is 31.2 Å². The fraction of sp³-hybridized carbons (Fsp3) is 0.350. The summed E-state index contributed by atoms with van der Waals surface area (Å²) in [6.45, 7) is 3.69. The average molecular weight is 422 g/mol. The fourth-order valence-corrected chi connectivity index (χ4v) is 3.36. The third-order valence-corrected chi connectivity index (χ3v) is 5.10. The molecule has 0 bridgehead atoms. The topological polar surface area (TPSA) is 78.7 Å². The van der Waals surface area contributed by atoms with Crippen LogP contribution in [-0.4, -0.2) is 48.0 Å². The number of rotatable bonds is 5. The smallest absolute Gasteiger partial charge is 0.369 e. The first-order valence-corrected chi connectivity index (χ1v) is 9.37. The van der Waals surface area contributed by atoms with E-state index in [9.17, 15) is 28.1 Å². The van der Waals surface area contributed by atoms with Gasteiger partial charge >= 0.3 is 6.18 Å². The second kappa shape index (κ2) is 8.70. The third-order valence-electron chi connectivity index (χ3n) is 5.10. The number of anilines is 2. The maximum absolute atomic E-state index is 12.9. The van der Waals surface area contributed by atoms with Gasteiger partial charge in [0.15, 0.2) is 0 Å². The highest BCUT2D eigenvalue weighted by Crippen LogP contribution is 2.32. The second-order valence-corrected chi connectivity index (χ2v) is 7.04. The lowest BCUT2D eigenvalue weighted by Gasteiger charge is -2.38. The Kier molecular flexibility index (Phi) is 6.25. The van der Waals surface area contributed by atoms with Crippen molar-refractivity contribution in [1.29, 1.82) is 0 Å². The molecule has 0 aliphatic carbocycles. The van der Waals surface area contributed by atoms with E-state index in [2.05, 4.69) is 5.32 Å². The quantitative estimate of drug-likeness (QED) is 0.586. The van der Waals surface area contributed by atoms with E-state index in [1.54, 1.807) is 19.1 Å². The van der Waals surface area contributed by atoms with Gasteiger partial charge in [-0.1, -0.05) is 12.1 Å². The molecule has 30 heavy (non-hydrogen) atoms. The monoisotopic (exact) mass is 422 g/mol. The number of non-ortho nitro benzene ring substituents is 1. The van der Waals surface area contributed by atoms with Gasteiger partial charge in [0.2, 0.25) is 5.91 Å². The zero-order valence-electron chi connectivity index (χ0n) is 16.2. The van der Waals surface area contributed by atoms with Crippen molar-refractivity contribution in [2.45, 2.75) is 19.1 Å². The van der Waals surface area contributed by atoms with Crippen LogP contribution in [0.3, 0.4) is 0 Å². The van der Waals surface area contributed by atoms with Gasteiger partial charge < -0.3 is 10.2 Å². The average Bonchev–Trinajstić information content (AvgIpc) is 2.73. The second-order valence-electron chi connectivity index (χ2n) is 7.04. The van der Waals surface area contributed by atoms with Crippen molar-refractivity contribution in [3.8, 4) is 0 Å². The number of nitro groups is 1. The van der Waals surface area contributed by atoms with Crippen LogP contribution in [0.15, 0.2) is 48.5 Å². The predicted molar refractivity (Wildman–Crippen MR) is 106 cm³/mol. The van der Waals surface area contributed by atoms with Crippen LogP contribution in [0.1, 0.15) is 12.5 Å². The van der Waals surface area contributed by atoms with Crippen LogP contribution in [0.4, 0.5) is 30.2 Å². The molecule has 1 aliphatic rings. The maximum atomic E-state index is 12.9. The molecular weight excluding hydrogens is 401 g/mol. The number of nitrogens with one attached hydrogen (secondary N) is 1. The van der Waals surface area contributed by atoms with Gasteiger partial charge in [-0.15, -0.1) is 0 Å². The molecule has 2 aromatic rings. The lowest BCUT2D eigenvalue weighted by molar-refractivity contribution is -0.384. The molecule has 1 saturated heterocycles. The van der Waals surface area contributed by atoms with Crippen LogP contribution in [0.5, 0.6) is 0 Å². The van der Waals surface area contributed by atoms with Crippen LogP contribution >= 0.6 is 0 Å². The lowest BCUT2D eigenvalue weighted by Crippen LogP contribution is -2.52. The van der Waals surface area contributed by atoms with Crippen molar-refractivity contribution in [1.82, 2.24) is 4.90 Å². The zero-order valence-corrected chi connectivity index (χ0v) is 16.2. The first-order valence-electron chi connectivity index (χ1n) is 9.37. The van der Waals surface area contributed by atoms with Gasteiger partial charge in [0, 0.05) is 49.7 Å². The molecule has 1 aliphatic heterocycles. The molecule has 1 amide bonds. The van der Waals surface area contributed by atoms with Crippen molar-refractivity contribution in [3.63, 3.8) is 0 Å². The molecule has 1 atom stereocenters. The van der Waals surface area contributed by atoms with Gasteiger partial charge in [0.05, 0.1) is 16.5 Å². The van der Waals surface area contributed by atoms with Crippen LogP contribution in [-0.2, 0) is 11.0 Å². The van der Waals surface area contributed by atoms with E-state index in [0.717, 1.165) is 12.1 Å². The van der Waals surface area contributed by atoms with E-state index in [4.69, 9.17) is 0 Å². The highest BCUT2D eigenvalue weighted by Gasteiger charge is 2.31. The van der Waals surface area contributed by atoms with Gasteiger partial charge in [-0.2, -0.15) is 13.2 Å². The molecule has 2 aromatic carbocycles. The number of halogens is 3. The Balaban J connectivity index is 1.59. The minimum atomic E-state index is -4.39. The number of alkyl halides is 3. The molecule has 1 fully saturated rings. The molecule has 0 saturated carbocycles. The van der Waals surface area contributed by atoms with Crippen LogP contribution in [0, 0.1) is 10.1 Å². The third kappa shape index (κ3) is 5.07. The number of hydrogen-bond acceptors (Lipinski definition) is 5. The number of nitro benzene ring substituents is 1. The van der Waals surface area contributed by atoms with Crippen LogP contribution in [0.25, 0.3) is 0 Å². The normalized spacial score (nSPS) is 16.2. The van der Waals surface area contributed by atoms with E-state index < -0.39 is 22.7 Å². The molecule has 0 aromatic heterocycles.